The lowest BCUT2D eigenvalue weighted by atomic mass is 10.2. The van der Waals surface area contributed by atoms with Gasteiger partial charge in [0.05, 0.1) is 12.2 Å². The van der Waals surface area contributed by atoms with Crippen LogP contribution in [-0.4, -0.2) is 18.4 Å². The number of nitrogens with one attached hydrogen (secondary N) is 2. The lowest BCUT2D eigenvalue weighted by Crippen LogP contribution is -2.40. The first-order valence-electron chi connectivity index (χ1n) is 7.86. The first kappa shape index (κ1) is 18.5. The summed E-state index contributed by atoms with van der Waals surface area (Å²) in [5.41, 5.74) is 5.76. The number of carbonyl (C=O) groups excluding carboxylic acids is 2. The minimum absolute atomic E-state index is 0.353. The molecule has 0 aliphatic carbocycles. The van der Waals surface area contributed by atoms with Crippen molar-refractivity contribution in [2.24, 2.45) is 0 Å². The van der Waals surface area contributed by atoms with Crippen LogP contribution in [-0.2, 0) is 4.79 Å². The second-order valence-corrected chi connectivity index (χ2v) is 5.55. The first-order valence-corrected chi connectivity index (χ1v) is 8.24. The molecule has 0 unspecified atom stereocenters. The highest BCUT2D eigenvalue weighted by molar-refractivity contribution is 6.32. The smallest absolute Gasteiger partial charge is 0.273 e. The lowest BCUT2D eigenvalue weighted by molar-refractivity contribution is -0.117. The molecule has 2 rings (SSSR count). The van der Waals surface area contributed by atoms with Crippen LogP contribution in [0.1, 0.15) is 29.3 Å². The maximum atomic E-state index is 12.2. The van der Waals surface area contributed by atoms with Crippen LogP contribution in [0.15, 0.2) is 54.6 Å². The quantitative estimate of drug-likeness (QED) is 0.612. The fourth-order valence-electron chi connectivity index (χ4n) is 2.00. The molecule has 25 heavy (non-hydrogen) atoms. The maximum Gasteiger partial charge on any atom is 0.273 e. The van der Waals surface area contributed by atoms with Crippen molar-refractivity contribution in [3.63, 3.8) is 0 Å². The molecular formula is C19H19ClN2O3. The van der Waals surface area contributed by atoms with Gasteiger partial charge in [0.1, 0.15) is 5.75 Å². The van der Waals surface area contributed by atoms with Crippen molar-refractivity contribution in [2.75, 3.05) is 6.61 Å². The fraction of sp³-hybridized carbons (Fsp3) is 0.158. The maximum absolute atomic E-state index is 12.2. The molecule has 0 atom stereocenters. The molecule has 5 nitrogen and oxygen atoms in total. The van der Waals surface area contributed by atoms with Crippen LogP contribution in [0.25, 0.3) is 6.08 Å². The Morgan fingerprint density at radius 1 is 1.08 bits per heavy atom. The average Bonchev–Trinajstić information content (AvgIpc) is 2.64. The summed E-state index contributed by atoms with van der Waals surface area (Å²) in [5, 5.41) is 0.539. The van der Waals surface area contributed by atoms with Gasteiger partial charge in [-0.3, -0.25) is 20.4 Å². The van der Waals surface area contributed by atoms with E-state index in [1.54, 1.807) is 48.5 Å². The van der Waals surface area contributed by atoms with Gasteiger partial charge in [0.15, 0.2) is 0 Å². The number of para-hydroxylation sites is 1. The van der Waals surface area contributed by atoms with Crippen LogP contribution in [0.2, 0.25) is 5.02 Å². The molecule has 0 spiro atoms. The number of rotatable bonds is 6. The first-order chi connectivity index (χ1) is 12.1. The highest BCUT2D eigenvalue weighted by Crippen LogP contribution is 2.18. The van der Waals surface area contributed by atoms with Crippen molar-refractivity contribution in [3.05, 3.63) is 70.8 Å². The van der Waals surface area contributed by atoms with Crippen molar-refractivity contribution < 1.29 is 14.3 Å². The minimum Gasteiger partial charge on any atom is -0.493 e. The number of carbonyl (C=O) groups is 2. The van der Waals surface area contributed by atoms with E-state index in [1.165, 1.54) is 6.08 Å². The van der Waals surface area contributed by atoms with Gasteiger partial charge in [0, 0.05) is 11.1 Å². The van der Waals surface area contributed by atoms with Crippen molar-refractivity contribution in [2.45, 2.75) is 13.3 Å². The van der Waals surface area contributed by atoms with E-state index in [2.05, 4.69) is 10.9 Å². The van der Waals surface area contributed by atoms with Gasteiger partial charge in [0.25, 0.3) is 11.8 Å². The standard InChI is InChI=1S/C19H19ClN2O3/c1-2-13-25-17-10-6-4-8-15(17)19(24)22-21-18(23)12-11-14-7-3-5-9-16(14)20/h3-12H,2,13H2,1H3,(H,21,23)(H,22,24). The summed E-state index contributed by atoms with van der Waals surface area (Å²) in [6, 6.07) is 14.0. The summed E-state index contributed by atoms with van der Waals surface area (Å²) in [5.74, 6) is -0.450. The van der Waals surface area contributed by atoms with Crippen LogP contribution in [0.3, 0.4) is 0 Å². The molecule has 2 N–H and O–H groups in total. The van der Waals surface area contributed by atoms with Crippen LogP contribution < -0.4 is 15.6 Å². The summed E-state index contributed by atoms with van der Waals surface area (Å²) in [7, 11) is 0. The molecule has 6 heteroatoms. The van der Waals surface area contributed by atoms with Gasteiger partial charge in [-0.05, 0) is 36.3 Å². The zero-order chi connectivity index (χ0) is 18.1. The van der Waals surface area contributed by atoms with E-state index in [9.17, 15) is 9.59 Å². The van der Waals surface area contributed by atoms with Crippen LogP contribution in [0.4, 0.5) is 0 Å². The van der Waals surface area contributed by atoms with E-state index in [1.807, 2.05) is 13.0 Å². The number of hydrogen-bond acceptors (Lipinski definition) is 3. The molecule has 2 aromatic carbocycles. The molecule has 0 aliphatic heterocycles. The van der Waals surface area contributed by atoms with Gasteiger partial charge in [-0.25, -0.2) is 0 Å². The molecule has 130 valence electrons. The molecule has 0 aliphatic rings. The molecule has 2 amide bonds. The van der Waals surface area contributed by atoms with E-state index in [-0.39, 0.29) is 0 Å². The SMILES string of the molecule is CCCOc1ccccc1C(=O)NNC(=O)C=Cc1ccccc1Cl. The van der Waals surface area contributed by atoms with E-state index in [0.717, 1.165) is 6.42 Å². The predicted octanol–water partition coefficient (Wildman–Crippen LogP) is 3.60. The molecule has 0 heterocycles. The summed E-state index contributed by atoms with van der Waals surface area (Å²) < 4.78 is 5.53. The normalized spacial score (nSPS) is 10.5. The van der Waals surface area contributed by atoms with Crippen LogP contribution in [0.5, 0.6) is 5.75 Å². The Morgan fingerprint density at radius 3 is 2.56 bits per heavy atom. The summed E-state index contributed by atoms with van der Waals surface area (Å²) in [6.07, 6.45) is 3.70. The number of hydrogen-bond donors (Lipinski definition) is 2. The van der Waals surface area contributed by atoms with Crippen molar-refractivity contribution in [3.8, 4) is 5.75 Å². The van der Waals surface area contributed by atoms with E-state index in [0.29, 0.717) is 28.5 Å². The number of hydrazine groups is 1. The summed E-state index contributed by atoms with van der Waals surface area (Å²) in [6.45, 7) is 2.49. The topological polar surface area (TPSA) is 67.4 Å². The largest absolute Gasteiger partial charge is 0.493 e. The number of ether oxygens (including phenoxy) is 1. The third-order valence-corrected chi connectivity index (χ3v) is 3.56. The average molecular weight is 359 g/mol. The lowest BCUT2D eigenvalue weighted by Gasteiger charge is -2.11. The summed E-state index contributed by atoms with van der Waals surface area (Å²) >= 11 is 6.01. The van der Waals surface area contributed by atoms with E-state index < -0.39 is 11.8 Å². The number of amides is 2. The van der Waals surface area contributed by atoms with Crippen LogP contribution >= 0.6 is 11.6 Å². The molecule has 2 aromatic rings. The zero-order valence-corrected chi connectivity index (χ0v) is 14.5. The molecular weight excluding hydrogens is 340 g/mol. The predicted molar refractivity (Wildman–Crippen MR) is 98.3 cm³/mol. The molecule has 0 bridgehead atoms. The van der Waals surface area contributed by atoms with E-state index in [4.69, 9.17) is 16.3 Å². The van der Waals surface area contributed by atoms with Crippen molar-refractivity contribution >= 4 is 29.5 Å². The van der Waals surface area contributed by atoms with Gasteiger partial charge in [-0.2, -0.15) is 0 Å². The second kappa shape index (κ2) is 9.49. The zero-order valence-electron chi connectivity index (χ0n) is 13.8. The molecule has 0 saturated carbocycles. The van der Waals surface area contributed by atoms with Crippen LogP contribution in [0, 0.1) is 0 Å². The molecule has 0 radical (unpaired) electrons. The monoisotopic (exact) mass is 358 g/mol. The van der Waals surface area contributed by atoms with Gasteiger partial charge in [0.2, 0.25) is 0 Å². The Hall–Kier alpha value is -2.79. The second-order valence-electron chi connectivity index (χ2n) is 5.14. The molecule has 0 fully saturated rings. The number of benzene rings is 2. The van der Waals surface area contributed by atoms with Gasteiger partial charge in [-0.1, -0.05) is 48.9 Å². The summed E-state index contributed by atoms with van der Waals surface area (Å²) in [4.78, 5) is 24.0. The van der Waals surface area contributed by atoms with Crippen molar-refractivity contribution in [1.82, 2.24) is 10.9 Å². The molecule has 0 saturated heterocycles. The highest BCUT2D eigenvalue weighted by Gasteiger charge is 2.12. The Balaban J connectivity index is 1.94. The van der Waals surface area contributed by atoms with Gasteiger partial charge in [-0.15, -0.1) is 0 Å². The highest BCUT2D eigenvalue weighted by atomic mass is 35.5. The van der Waals surface area contributed by atoms with E-state index >= 15 is 0 Å². The Kier molecular flexibility index (Phi) is 7.04. The fourth-order valence-corrected chi connectivity index (χ4v) is 2.19. The van der Waals surface area contributed by atoms with Crippen molar-refractivity contribution in [1.29, 1.82) is 0 Å². The number of halogens is 1. The third kappa shape index (κ3) is 5.65. The Labute approximate surface area is 151 Å². The van der Waals surface area contributed by atoms with Gasteiger partial charge < -0.3 is 4.74 Å². The van der Waals surface area contributed by atoms with Gasteiger partial charge >= 0.3 is 0 Å². The Bertz CT molecular complexity index is 775. The minimum atomic E-state index is -0.472. The third-order valence-electron chi connectivity index (χ3n) is 3.21. The Morgan fingerprint density at radius 2 is 1.80 bits per heavy atom. The molecule has 0 aromatic heterocycles.